The van der Waals surface area contributed by atoms with E-state index in [1.165, 1.54) is 17.7 Å². The number of primary amides is 1. The molecule has 2 aliphatic carbocycles. The molecular formula is C30H27F2N5O2. The Bertz CT molecular complexity index is 1680. The first kappa shape index (κ1) is 23.9. The summed E-state index contributed by atoms with van der Waals surface area (Å²) in [5, 5.41) is 4.63. The molecule has 2 aromatic carbocycles. The second-order valence-electron chi connectivity index (χ2n) is 11.0. The van der Waals surface area contributed by atoms with Crippen LogP contribution in [0.2, 0.25) is 0 Å². The van der Waals surface area contributed by atoms with E-state index in [-0.39, 0.29) is 35.4 Å². The van der Waals surface area contributed by atoms with Gasteiger partial charge in [0.1, 0.15) is 17.2 Å². The maximum Gasteiger partial charge on any atom is 0.273 e. The third kappa shape index (κ3) is 3.82. The largest absolute Gasteiger partial charge is 0.369 e. The lowest BCUT2D eigenvalue weighted by Crippen LogP contribution is -2.39. The van der Waals surface area contributed by atoms with Gasteiger partial charge in [0.25, 0.3) is 5.91 Å². The van der Waals surface area contributed by atoms with E-state index in [1.807, 2.05) is 30.0 Å². The average Bonchev–Trinajstić information content (AvgIpc) is 3.84. The monoisotopic (exact) mass is 527 g/mol. The van der Waals surface area contributed by atoms with Crippen molar-refractivity contribution in [3.05, 3.63) is 88.5 Å². The van der Waals surface area contributed by atoms with Gasteiger partial charge in [-0.25, -0.2) is 18.3 Å². The van der Waals surface area contributed by atoms with Crippen molar-refractivity contribution >= 4 is 17.5 Å². The maximum atomic E-state index is 15.2. The summed E-state index contributed by atoms with van der Waals surface area (Å²) in [5.74, 6) is -2.19. The van der Waals surface area contributed by atoms with Crippen LogP contribution in [0.5, 0.6) is 0 Å². The molecule has 7 nitrogen and oxygen atoms in total. The van der Waals surface area contributed by atoms with E-state index in [4.69, 9.17) is 5.73 Å². The molecule has 2 fully saturated rings. The van der Waals surface area contributed by atoms with Gasteiger partial charge in [-0.15, -0.1) is 0 Å². The first-order valence-corrected chi connectivity index (χ1v) is 13.3. The van der Waals surface area contributed by atoms with E-state index in [0.717, 1.165) is 36.6 Å². The van der Waals surface area contributed by atoms with Gasteiger partial charge in [0.2, 0.25) is 5.91 Å². The molecule has 2 saturated carbocycles. The van der Waals surface area contributed by atoms with Gasteiger partial charge in [0.15, 0.2) is 5.65 Å². The summed E-state index contributed by atoms with van der Waals surface area (Å²) in [6.07, 6.45) is 2.72. The number of carbonyl (C=O) groups excluding carboxylic acids is 2. The van der Waals surface area contributed by atoms with Crippen molar-refractivity contribution in [2.24, 2.45) is 11.7 Å². The van der Waals surface area contributed by atoms with E-state index in [9.17, 15) is 9.59 Å². The lowest BCUT2D eigenvalue weighted by Gasteiger charge is -2.35. The van der Waals surface area contributed by atoms with E-state index in [1.54, 1.807) is 10.6 Å². The number of hydrogen-bond donors (Lipinski definition) is 1. The second kappa shape index (κ2) is 8.43. The van der Waals surface area contributed by atoms with Gasteiger partial charge in [0, 0.05) is 36.2 Å². The van der Waals surface area contributed by atoms with E-state index < -0.39 is 23.3 Å². The zero-order valence-electron chi connectivity index (χ0n) is 21.4. The van der Waals surface area contributed by atoms with Crippen LogP contribution >= 0.6 is 0 Å². The molecule has 3 aliphatic rings. The van der Waals surface area contributed by atoms with Crippen molar-refractivity contribution in [2.45, 2.75) is 50.2 Å². The van der Waals surface area contributed by atoms with E-state index >= 15 is 8.78 Å². The highest BCUT2D eigenvalue weighted by Gasteiger charge is 2.60. The fraction of sp³-hybridized carbons (Fsp3) is 0.333. The number of amides is 2. The molecule has 1 aliphatic heterocycles. The topological polar surface area (TPSA) is 93.6 Å². The standard InChI is InChI=1S/C30H27F2N5O2/c1-16-20-5-3-2-4-17(20)10-11-36(16)29(39)25-13-26(18-6-7-18)37-27(34-25)14-24(35-37)21-9-8-19(12-23(21)31)30(32)15-22(30)28(33)38/h2-5,8-9,12-14,16,18,22H,6-7,10-11,15H2,1H3,(H2,33,38)/t16-,22?,30-/m1/s1. The number of halogens is 2. The molecule has 3 heterocycles. The Kier molecular flexibility index (Phi) is 5.17. The van der Waals surface area contributed by atoms with Gasteiger partial charge >= 0.3 is 0 Å². The van der Waals surface area contributed by atoms with Crippen LogP contribution in [0.15, 0.2) is 54.6 Å². The van der Waals surface area contributed by atoms with Crippen LogP contribution < -0.4 is 5.73 Å². The zero-order chi connectivity index (χ0) is 27.1. The van der Waals surface area contributed by atoms with Crippen LogP contribution in [0.4, 0.5) is 8.78 Å². The molecule has 2 N–H and O–H groups in total. The quantitative estimate of drug-likeness (QED) is 0.402. The maximum absolute atomic E-state index is 15.2. The highest BCUT2D eigenvalue weighted by Crippen LogP contribution is 2.55. The van der Waals surface area contributed by atoms with Gasteiger partial charge in [-0.05, 0) is 61.1 Å². The molecule has 7 rings (SSSR count). The molecular weight excluding hydrogens is 500 g/mol. The fourth-order valence-corrected chi connectivity index (χ4v) is 5.97. The smallest absolute Gasteiger partial charge is 0.273 e. The first-order chi connectivity index (χ1) is 18.7. The molecule has 2 amide bonds. The minimum atomic E-state index is -1.92. The first-order valence-electron chi connectivity index (χ1n) is 13.3. The van der Waals surface area contributed by atoms with Gasteiger partial charge < -0.3 is 10.6 Å². The molecule has 0 spiro atoms. The predicted molar refractivity (Wildman–Crippen MR) is 140 cm³/mol. The molecule has 3 atom stereocenters. The number of rotatable bonds is 5. The van der Waals surface area contributed by atoms with Gasteiger partial charge in [-0.1, -0.05) is 30.3 Å². The van der Waals surface area contributed by atoms with Crippen LogP contribution in [-0.2, 0) is 16.9 Å². The number of nitrogens with two attached hydrogens (primary N) is 1. The van der Waals surface area contributed by atoms with Crippen LogP contribution in [0.25, 0.3) is 16.9 Å². The van der Waals surface area contributed by atoms with E-state index in [0.29, 0.717) is 23.6 Å². The number of benzene rings is 2. The Morgan fingerprint density at radius 3 is 2.62 bits per heavy atom. The summed E-state index contributed by atoms with van der Waals surface area (Å²) >= 11 is 0. The van der Waals surface area contributed by atoms with Gasteiger partial charge in [-0.2, -0.15) is 5.10 Å². The van der Waals surface area contributed by atoms with Crippen molar-refractivity contribution in [1.82, 2.24) is 19.5 Å². The van der Waals surface area contributed by atoms with E-state index in [2.05, 4.69) is 22.2 Å². The van der Waals surface area contributed by atoms with Crippen molar-refractivity contribution in [3.8, 4) is 11.3 Å². The summed E-state index contributed by atoms with van der Waals surface area (Å²) in [4.78, 5) is 31.6. The summed E-state index contributed by atoms with van der Waals surface area (Å²) in [7, 11) is 0. The molecule has 39 heavy (non-hydrogen) atoms. The molecule has 9 heteroatoms. The third-order valence-corrected chi connectivity index (χ3v) is 8.49. The van der Waals surface area contributed by atoms with Crippen LogP contribution in [0, 0.1) is 11.7 Å². The number of alkyl halides is 1. The molecule has 1 unspecified atom stereocenters. The molecule has 0 saturated heterocycles. The number of aromatic nitrogens is 3. The third-order valence-electron chi connectivity index (χ3n) is 8.49. The Hall–Kier alpha value is -4.14. The average molecular weight is 528 g/mol. The summed E-state index contributed by atoms with van der Waals surface area (Å²) < 4.78 is 31.9. The van der Waals surface area contributed by atoms with Crippen LogP contribution in [0.1, 0.15) is 71.0 Å². The Balaban J connectivity index is 1.24. The lowest BCUT2D eigenvalue weighted by molar-refractivity contribution is -0.120. The number of carbonyl (C=O) groups is 2. The summed E-state index contributed by atoms with van der Waals surface area (Å²) in [5.41, 5.74) is 8.05. The van der Waals surface area contributed by atoms with Crippen molar-refractivity contribution in [3.63, 3.8) is 0 Å². The Morgan fingerprint density at radius 2 is 1.90 bits per heavy atom. The molecule has 4 aromatic rings. The van der Waals surface area contributed by atoms with Crippen LogP contribution in [-0.4, -0.2) is 37.9 Å². The number of hydrogen-bond acceptors (Lipinski definition) is 4. The Morgan fingerprint density at radius 1 is 1.10 bits per heavy atom. The molecule has 198 valence electrons. The number of nitrogens with zero attached hydrogens (tertiary/aromatic N) is 4. The zero-order valence-corrected chi connectivity index (χ0v) is 21.4. The lowest BCUT2D eigenvalue weighted by atomic mass is 9.93. The minimum absolute atomic E-state index is 0.0395. The van der Waals surface area contributed by atoms with Crippen LogP contribution in [0.3, 0.4) is 0 Å². The van der Waals surface area contributed by atoms with Gasteiger partial charge in [-0.3, -0.25) is 9.59 Å². The highest BCUT2D eigenvalue weighted by molar-refractivity contribution is 5.93. The molecule has 0 radical (unpaired) electrons. The number of fused-ring (bicyclic) bond motifs is 2. The second-order valence-corrected chi connectivity index (χ2v) is 11.0. The van der Waals surface area contributed by atoms with Gasteiger partial charge in [0.05, 0.1) is 17.7 Å². The minimum Gasteiger partial charge on any atom is -0.369 e. The predicted octanol–water partition coefficient (Wildman–Crippen LogP) is 4.84. The molecule has 2 aromatic heterocycles. The van der Waals surface area contributed by atoms with Crippen molar-refractivity contribution in [1.29, 1.82) is 0 Å². The Labute approximate surface area is 223 Å². The SMILES string of the molecule is C[C@@H]1c2ccccc2CCN1C(=O)c1cc(C2CC2)n2nc(-c3ccc([C@]4(F)CC4C(N)=O)cc3F)cc2n1. The normalized spacial score (nSPS) is 24.0. The van der Waals surface area contributed by atoms with Crippen molar-refractivity contribution < 1.29 is 18.4 Å². The summed E-state index contributed by atoms with van der Waals surface area (Å²) in [6.45, 7) is 2.64. The van der Waals surface area contributed by atoms with Crippen molar-refractivity contribution in [2.75, 3.05) is 6.54 Å². The highest BCUT2D eigenvalue weighted by atomic mass is 19.1. The molecule has 0 bridgehead atoms. The summed E-state index contributed by atoms with van der Waals surface area (Å²) in [6, 6.07) is 15.7. The fourth-order valence-electron chi connectivity index (χ4n) is 5.97.